The Kier molecular flexibility index (Phi) is 8.32. The van der Waals surface area contributed by atoms with E-state index in [2.05, 4.69) is 10.6 Å². The molecule has 0 aliphatic heterocycles. The molecule has 136 valence electrons. The standard InChI is InChI=1S/C18H24N2O5/c1-4-5-8-25-16-11-14(19-17(23)9-12(2)21)6-7-15(16)20-18(24)10-13(3)22/h6-7,11H,4-5,8-10H2,1-3H3,(H,19,23)(H,20,24). The molecule has 0 atom stereocenters. The lowest BCUT2D eigenvalue weighted by Gasteiger charge is -2.14. The first-order valence-corrected chi connectivity index (χ1v) is 8.17. The maximum Gasteiger partial charge on any atom is 0.231 e. The van der Waals surface area contributed by atoms with E-state index < -0.39 is 11.8 Å². The van der Waals surface area contributed by atoms with Crippen molar-refractivity contribution in [1.29, 1.82) is 0 Å². The molecule has 0 spiro atoms. The monoisotopic (exact) mass is 348 g/mol. The lowest BCUT2D eigenvalue weighted by Crippen LogP contribution is -2.17. The fourth-order valence-electron chi connectivity index (χ4n) is 2.00. The van der Waals surface area contributed by atoms with Gasteiger partial charge in [-0.15, -0.1) is 0 Å². The Bertz CT molecular complexity index is 655. The fourth-order valence-corrected chi connectivity index (χ4v) is 2.00. The van der Waals surface area contributed by atoms with Crippen LogP contribution in [0.4, 0.5) is 11.4 Å². The van der Waals surface area contributed by atoms with Crippen LogP contribution in [0, 0.1) is 0 Å². The fraction of sp³-hybridized carbons (Fsp3) is 0.444. The quantitative estimate of drug-likeness (QED) is 0.500. The number of unbranched alkanes of at least 4 members (excludes halogenated alkanes) is 1. The number of Topliss-reactive ketones (excluding diaryl/α,β-unsaturated/α-hetero) is 2. The minimum absolute atomic E-state index is 0.205. The van der Waals surface area contributed by atoms with Gasteiger partial charge in [0.25, 0.3) is 0 Å². The molecule has 0 fully saturated rings. The summed E-state index contributed by atoms with van der Waals surface area (Å²) in [6, 6.07) is 4.76. The molecule has 0 aliphatic carbocycles. The van der Waals surface area contributed by atoms with Gasteiger partial charge in [0, 0.05) is 11.8 Å². The number of ether oxygens (including phenoxy) is 1. The summed E-state index contributed by atoms with van der Waals surface area (Å²) < 4.78 is 5.67. The third kappa shape index (κ3) is 8.10. The average Bonchev–Trinajstić information content (AvgIpc) is 2.48. The van der Waals surface area contributed by atoms with Crippen molar-refractivity contribution < 1.29 is 23.9 Å². The van der Waals surface area contributed by atoms with Crippen LogP contribution in [0.2, 0.25) is 0 Å². The SMILES string of the molecule is CCCCOc1cc(NC(=O)CC(C)=O)ccc1NC(=O)CC(C)=O. The molecule has 7 heteroatoms. The molecule has 2 N–H and O–H groups in total. The second-order valence-corrected chi connectivity index (χ2v) is 5.77. The number of carbonyl (C=O) groups is 4. The van der Waals surface area contributed by atoms with Gasteiger partial charge >= 0.3 is 0 Å². The molecule has 2 amide bonds. The molecule has 0 aromatic heterocycles. The predicted molar refractivity (Wildman–Crippen MR) is 94.7 cm³/mol. The van der Waals surface area contributed by atoms with Crippen molar-refractivity contribution in [1.82, 2.24) is 0 Å². The van der Waals surface area contributed by atoms with Gasteiger partial charge in [-0.05, 0) is 32.4 Å². The van der Waals surface area contributed by atoms with E-state index in [1.54, 1.807) is 18.2 Å². The zero-order valence-electron chi connectivity index (χ0n) is 14.8. The van der Waals surface area contributed by atoms with E-state index >= 15 is 0 Å². The Balaban J connectivity index is 2.91. The van der Waals surface area contributed by atoms with E-state index in [0.29, 0.717) is 23.7 Å². The molecule has 0 heterocycles. The summed E-state index contributed by atoms with van der Waals surface area (Å²) in [6.07, 6.45) is 1.36. The van der Waals surface area contributed by atoms with Crippen LogP contribution in [0.1, 0.15) is 46.5 Å². The molecular formula is C18H24N2O5. The highest BCUT2D eigenvalue weighted by Crippen LogP contribution is 2.29. The van der Waals surface area contributed by atoms with E-state index in [-0.39, 0.29) is 24.4 Å². The Hall–Kier alpha value is -2.70. The first-order valence-electron chi connectivity index (χ1n) is 8.17. The number of hydrogen-bond donors (Lipinski definition) is 2. The smallest absolute Gasteiger partial charge is 0.231 e. The highest BCUT2D eigenvalue weighted by atomic mass is 16.5. The van der Waals surface area contributed by atoms with E-state index in [1.165, 1.54) is 13.8 Å². The maximum absolute atomic E-state index is 11.8. The van der Waals surface area contributed by atoms with Crippen LogP contribution in [0.3, 0.4) is 0 Å². The normalized spacial score (nSPS) is 10.0. The van der Waals surface area contributed by atoms with Crippen LogP contribution in [0.5, 0.6) is 5.75 Å². The Morgan fingerprint density at radius 3 is 2.12 bits per heavy atom. The molecule has 25 heavy (non-hydrogen) atoms. The van der Waals surface area contributed by atoms with Crippen LogP contribution in [-0.4, -0.2) is 30.0 Å². The van der Waals surface area contributed by atoms with E-state index in [9.17, 15) is 19.2 Å². The summed E-state index contributed by atoms with van der Waals surface area (Å²) in [5.41, 5.74) is 0.884. The summed E-state index contributed by atoms with van der Waals surface area (Å²) in [5.74, 6) is -0.920. The third-order valence-corrected chi connectivity index (χ3v) is 3.11. The summed E-state index contributed by atoms with van der Waals surface area (Å²) in [4.78, 5) is 45.5. The Labute approximate surface area is 147 Å². The third-order valence-electron chi connectivity index (χ3n) is 3.11. The van der Waals surface area contributed by atoms with E-state index in [1.807, 2.05) is 6.92 Å². The number of ketones is 2. The topological polar surface area (TPSA) is 102 Å². The molecular weight excluding hydrogens is 324 g/mol. The number of benzene rings is 1. The molecule has 0 saturated carbocycles. The molecule has 1 aromatic rings. The van der Waals surface area contributed by atoms with Crippen molar-refractivity contribution in [2.24, 2.45) is 0 Å². The first kappa shape index (κ1) is 20.3. The van der Waals surface area contributed by atoms with Gasteiger partial charge in [-0.25, -0.2) is 0 Å². The second kappa shape index (κ2) is 10.2. The van der Waals surface area contributed by atoms with Crippen LogP contribution in [-0.2, 0) is 19.2 Å². The summed E-state index contributed by atoms with van der Waals surface area (Å²) in [6.45, 7) is 5.16. The zero-order chi connectivity index (χ0) is 18.8. The van der Waals surface area contributed by atoms with Gasteiger partial charge in [0.1, 0.15) is 17.3 Å². The summed E-state index contributed by atoms with van der Waals surface area (Å²) in [7, 11) is 0. The van der Waals surface area contributed by atoms with Crippen molar-refractivity contribution >= 4 is 34.8 Å². The number of hydrogen-bond acceptors (Lipinski definition) is 5. The Morgan fingerprint density at radius 1 is 0.960 bits per heavy atom. The van der Waals surface area contributed by atoms with Crippen molar-refractivity contribution in [2.75, 3.05) is 17.2 Å². The van der Waals surface area contributed by atoms with Crippen LogP contribution in [0.25, 0.3) is 0 Å². The predicted octanol–water partition coefficient (Wildman–Crippen LogP) is 2.70. The van der Waals surface area contributed by atoms with Crippen molar-refractivity contribution in [3.8, 4) is 5.75 Å². The summed E-state index contributed by atoms with van der Waals surface area (Å²) in [5, 5.41) is 5.24. The van der Waals surface area contributed by atoms with E-state index in [0.717, 1.165) is 12.8 Å². The number of anilines is 2. The molecule has 0 aliphatic rings. The van der Waals surface area contributed by atoms with E-state index in [4.69, 9.17) is 4.74 Å². The number of nitrogens with one attached hydrogen (secondary N) is 2. The lowest BCUT2D eigenvalue weighted by molar-refractivity contribution is -0.125. The molecule has 1 rings (SSSR count). The lowest BCUT2D eigenvalue weighted by atomic mass is 10.2. The van der Waals surface area contributed by atoms with Gasteiger partial charge in [-0.3, -0.25) is 19.2 Å². The number of amides is 2. The Morgan fingerprint density at radius 2 is 1.56 bits per heavy atom. The van der Waals surface area contributed by atoms with Crippen molar-refractivity contribution in [2.45, 2.75) is 46.5 Å². The van der Waals surface area contributed by atoms with Gasteiger partial charge in [-0.2, -0.15) is 0 Å². The van der Waals surface area contributed by atoms with Gasteiger partial charge in [-0.1, -0.05) is 13.3 Å². The molecule has 0 saturated heterocycles. The average molecular weight is 348 g/mol. The number of carbonyl (C=O) groups excluding carboxylic acids is 4. The minimum Gasteiger partial charge on any atom is -0.491 e. The molecule has 0 radical (unpaired) electrons. The number of rotatable bonds is 10. The van der Waals surface area contributed by atoms with Gasteiger partial charge in [0.2, 0.25) is 11.8 Å². The van der Waals surface area contributed by atoms with Crippen LogP contribution < -0.4 is 15.4 Å². The maximum atomic E-state index is 11.8. The second-order valence-electron chi connectivity index (χ2n) is 5.77. The summed E-state index contributed by atoms with van der Waals surface area (Å²) >= 11 is 0. The highest BCUT2D eigenvalue weighted by Gasteiger charge is 2.12. The van der Waals surface area contributed by atoms with Gasteiger partial charge < -0.3 is 15.4 Å². The zero-order valence-corrected chi connectivity index (χ0v) is 14.8. The van der Waals surface area contributed by atoms with Gasteiger partial charge in [0.05, 0.1) is 25.1 Å². The highest BCUT2D eigenvalue weighted by molar-refractivity contribution is 6.05. The largest absolute Gasteiger partial charge is 0.491 e. The van der Waals surface area contributed by atoms with Crippen LogP contribution >= 0.6 is 0 Å². The van der Waals surface area contributed by atoms with Crippen LogP contribution in [0.15, 0.2) is 18.2 Å². The molecule has 0 unspecified atom stereocenters. The van der Waals surface area contributed by atoms with Crippen molar-refractivity contribution in [3.05, 3.63) is 18.2 Å². The molecule has 0 bridgehead atoms. The van der Waals surface area contributed by atoms with Gasteiger partial charge in [0.15, 0.2) is 0 Å². The molecule has 7 nitrogen and oxygen atoms in total. The first-order chi connectivity index (χ1) is 11.8. The minimum atomic E-state index is -0.429. The van der Waals surface area contributed by atoms with Crippen molar-refractivity contribution in [3.63, 3.8) is 0 Å². The molecule has 1 aromatic carbocycles.